The smallest absolute Gasteiger partial charge is 0.164 e. The van der Waals surface area contributed by atoms with Crippen molar-refractivity contribution in [2.45, 2.75) is 0 Å². The van der Waals surface area contributed by atoms with Crippen LogP contribution in [0.15, 0.2) is 114 Å². The second-order valence-corrected chi connectivity index (χ2v) is 14.4. The third-order valence-electron chi connectivity index (χ3n) is 10.9. The van der Waals surface area contributed by atoms with Gasteiger partial charge in [0.1, 0.15) is 97.5 Å². The maximum atomic E-state index is 7.22. The maximum absolute atomic E-state index is 7.22. The lowest BCUT2D eigenvalue weighted by molar-refractivity contribution is 0.673. The highest BCUT2D eigenvalue weighted by Crippen LogP contribution is 2.35. The molecule has 0 spiro atoms. The molecular weight excluding hydrogens is 717 g/mol. The third-order valence-corrected chi connectivity index (χ3v) is 10.9. The van der Waals surface area contributed by atoms with Gasteiger partial charge in [-0.25, -0.2) is 15.0 Å². The van der Waals surface area contributed by atoms with Crippen LogP contribution in [0.2, 0.25) is 0 Å². The molecule has 0 bridgehead atoms. The third kappa shape index (κ3) is 6.36. The van der Waals surface area contributed by atoms with Crippen molar-refractivity contribution < 1.29 is 4.42 Å². The first-order valence-electron chi connectivity index (χ1n) is 18.6. The zero-order valence-electron chi connectivity index (χ0n) is 32.0. The Balaban J connectivity index is 1.36. The van der Waals surface area contributed by atoms with E-state index in [1.165, 1.54) is 0 Å². The molecule has 0 N–H and O–H groups in total. The summed E-state index contributed by atoms with van der Waals surface area (Å²) in [5, 5.41) is 0.529. The van der Waals surface area contributed by atoms with Crippen LogP contribution >= 0.6 is 0 Å². The van der Waals surface area contributed by atoms with Crippen molar-refractivity contribution in [3.63, 3.8) is 0 Å². The highest BCUT2D eigenvalue weighted by molar-refractivity contribution is 6.71. The SMILES string of the molecule is [B]c1c([B])c([B])c(-c2c([B])c(-c3nc(-c4ccc(-c5ccccc5)cc4)nc(-c4ccc(-c5ccccc5)cc4)n3)c([B])c3c2oc2c([B])c([B])c([B])c([B])c23)c([B])c1[B]. The Kier molecular flexibility index (Phi) is 10.1. The first-order valence-corrected chi connectivity index (χ1v) is 18.6. The molecule has 0 unspecified atom stereocenters. The van der Waals surface area contributed by atoms with E-state index in [9.17, 15) is 0 Å². The number of hydrogen-bond donors (Lipinski definition) is 0. The van der Waals surface area contributed by atoms with Gasteiger partial charge in [0.25, 0.3) is 0 Å². The fourth-order valence-electron chi connectivity index (χ4n) is 7.61. The molecule has 0 fully saturated rings. The van der Waals surface area contributed by atoms with Gasteiger partial charge in [-0.1, -0.05) is 142 Å². The minimum absolute atomic E-state index is 0.00110. The molecule has 22 radical (unpaired) electrons. The van der Waals surface area contributed by atoms with Gasteiger partial charge in [-0.15, -0.1) is 27.3 Å². The molecule has 15 heteroatoms. The summed E-state index contributed by atoms with van der Waals surface area (Å²) >= 11 is 0. The molecule has 0 atom stereocenters. The molecule has 0 saturated carbocycles. The molecule has 0 amide bonds. The lowest BCUT2D eigenvalue weighted by Gasteiger charge is -2.25. The van der Waals surface area contributed by atoms with E-state index in [4.69, 9.17) is 106 Å². The molecule has 7 aromatic carbocycles. The fraction of sp³-hybridized carbons (Fsp3) is 0. The lowest BCUT2D eigenvalue weighted by Crippen LogP contribution is -2.55. The van der Waals surface area contributed by atoms with Crippen LogP contribution in [0, 0.1) is 0 Å². The normalized spacial score (nSPS) is 11.4. The van der Waals surface area contributed by atoms with E-state index in [1.807, 2.05) is 109 Å². The van der Waals surface area contributed by atoms with E-state index in [0.29, 0.717) is 22.8 Å². The van der Waals surface area contributed by atoms with Gasteiger partial charge < -0.3 is 4.42 Å². The topological polar surface area (TPSA) is 51.8 Å². The Labute approximate surface area is 362 Å². The van der Waals surface area contributed by atoms with Gasteiger partial charge >= 0.3 is 0 Å². The van der Waals surface area contributed by atoms with Crippen molar-refractivity contribution in [3.05, 3.63) is 109 Å². The quantitative estimate of drug-likeness (QED) is 0.196. The number of aromatic nitrogens is 3. The Morgan fingerprint density at radius 1 is 0.267 bits per heavy atom. The zero-order valence-corrected chi connectivity index (χ0v) is 32.0. The summed E-state index contributed by atoms with van der Waals surface area (Å²) in [6.07, 6.45) is 0. The monoisotopic (exact) mass is 737 g/mol. The van der Waals surface area contributed by atoms with Gasteiger partial charge in [-0.3, -0.25) is 0 Å². The summed E-state index contributed by atoms with van der Waals surface area (Å²) in [4.78, 5) is 15.0. The fourth-order valence-corrected chi connectivity index (χ4v) is 7.61. The lowest BCUT2D eigenvalue weighted by atomic mass is 9.58. The molecule has 0 aliphatic heterocycles. The molecule has 9 aromatic rings. The predicted molar refractivity (Wildman–Crippen MR) is 259 cm³/mol. The van der Waals surface area contributed by atoms with Crippen LogP contribution in [0.1, 0.15) is 0 Å². The zero-order chi connectivity index (χ0) is 42.1. The first-order chi connectivity index (χ1) is 28.8. The van der Waals surface area contributed by atoms with Gasteiger partial charge in [0.15, 0.2) is 17.5 Å². The molecule has 60 heavy (non-hydrogen) atoms. The Morgan fingerprint density at radius 2 is 0.633 bits per heavy atom. The van der Waals surface area contributed by atoms with Gasteiger partial charge in [0.2, 0.25) is 0 Å². The van der Waals surface area contributed by atoms with Crippen LogP contribution in [0.5, 0.6) is 0 Å². The number of furan rings is 1. The average Bonchev–Trinajstić information content (AvgIpc) is 3.69. The molecule has 0 aliphatic rings. The highest BCUT2D eigenvalue weighted by Gasteiger charge is 2.28. The van der Waals surface area contributed by atoms with E-state index in [2.05, 4.69) is 0 Å². The molecule has 0 aliphatic carbocycles. The Hall–Kier alpha value is -5.94. The minimum Gasteiger partial charge on any atom is -0.456 e. The van der Waals surface area contributed by atoms with Crippen molar-refractivity contribution >= 4 is 168 Å². The molecule has 4 nitrogen and oxygen atoms in total. The number of hydrogen-bond acceptors (Lipinski definition) is 4. The maximum Gasteiger partial charge on any atom is 0.164 e. The van der Waals surface area contributed by atoms with Crippen molar-refractivity contribution in [1.82, 2.24) is 15.0 Å². The van der Waals surface area contributed by atoms with E-state index in [-0.39, 0.29) is 105 Å². The molecular formula is C45H18B11N3O. The van der Waals surface area contributed by atoms with E-state index >= 15 is 0 Å². The minimum atomic E-state index is -0.0196. The van der Waals surface area contributed by atoms with Crippen molar-refractivity contribution in [2.24, 2.45) is 0 Å². The standard InChI is InChI=1S/C45H18B11N3O/c46-30-26(25-32(48)35(51)38(54)36(52)33(25)49)41-27(28-34(50)37(53)39(55)40(56)42(28)60-41)31(47)29(30)45-58-43(23-15-11-21(12-16-23)19-7-3-1-4-8-19)57-44(59-45)24-17-13-22(14-18-24)20-9-5-2-6-10-20/h1-18H. The van der Waals surface area contributed by atoms with Gasteiger partial charge in [0.05, 0.1) is 0 Å². The van der Waals surface area contributed by atoms with Crippen LogP contribution in [0.4, 0.5) is 0 Å². The van der Waals surface area contributed by atoms with E-state index in [0.717, 1.165) is 22.3 Å². The van der Waals surface area contributed by atoms with E-state index in [1.54, 1.807) is 0 Å². The first kappa shape index (κ1) is 39.5. The summed E-state index contributed by atoms with van der Waals surface area (Å²) in [6.45, 7) is 0. The van der Waals surface area contributed by atoms with Crippen LogP contribution < -0.4 is 60.1 Å². The number of rotatable bonds is 6. The van der Waals surface area contributed by atoms with Gasteiger partial charge in [-0.05, 0) is 27.8 Å². The van der Waals surface area contributed by atoms with Crippen molar-refractivity contribution in [3.8, 4) is 67.5 Å². The molecule has 2 aromatic heterocycles. The molecule has 0 saturated heterocycles. The molecule has 9 rings (SSSR count). The van der Waals surface area contributed by atoms with Crippen LogP contribution in [0.25, 0.3) is 89.5 Å². The summed E-state index contributed by atoms with van der Waals surface area (Å²) in [5.74, 6) is 0.769. The summed E-state index contributed by atoms with van der Waals surface area (Å²) in [7, 11) is 72.6. The predicted octanol–water partition coefficient (Wildman–Crippen LogP) is -1.50. The largest absolute Gasteiger partial charge is 0.456 e. The van der Waals surface area contributed by atoms with Crippen LogP contribution in [0.3, 0.4) is 0 Å². The summed E-state index contributed by atoms with van der Waals surface area (Å²) in [6, 6.07) is 35.8. The highest BCUT2D eigenvalue weighted by atomic mass is 16.3. The number of nitrogens with zero attached hydrogens (tertiary/aromatic N) is 3. The van der Waals surface area contributed by atoms with Crippen LogP contribution in [-0.2, 0) is 0 Å². The Morgan fingerprint density at radius 3 is 1.12 bits per heavy atom. The second-order valence-electron chi connectivity index (χ2n) is 14.4. The Bertz CT molecular complexity index is 3060. The number of fused-ring (bicyclic) bond motifs is 3. The van der Waals surface area contributed by atoms with Crippen molar-refractivity contribution in [1.29, 1.82) is 0 Å². The summed E-state index contributed by atoms with van der Waals surface area (Å²) < 4.78 is 6.46. The number of benzene rings is 7. The second kappa shape index (κ2) is 15.3. The van der Waals surface area contributed by atoms with Gasteiger partial charge in [-0.2, -0.15) is 0 Å². The van der Waals surface area contributed by atoms with Crippen molar-refractivity contribution in [2.75, 3.05) is 0 Å². The van der Waals surface area contributed by atoms with Gasteiger partial charge in [0, 0.05) is 33.0 Å². The molecule has 2 heterocycles. The van der Waals surface area contributed by atoms with E-state index < -0.39 is 0 Å². The molecule has 252 valence electrons. The average molecular weight is 736 g/mol. The van der Waals surface area contributed by atoms with Crippen LogP contribution in [-0.4, -0.2) is 101 Å². The summed E-state index contributed by atoms with van der Waals surface area (Å²) in [5.41, 5.74) is 6.33.